The zero-order valence-corrected chi connectivity index (χ0v) is 13.7. The van der Waals surface area contributed by atoms with Gasteiger partial charge in [-0.2, -0.15) is 5.10 Å². The van der Waals surface area contributed by atoms with Gasteiger partial charge in [-0.05, 0) is 32.0 Å². The minimum absolute atomic E-state index is 0.121. The number of nitrogens with two attached hydrogens (primary N) is 1. The first-order valence-electron chi connectivity index (χ1n) is 6.83. The van der Waals surface area contributed by atoms with Crippen LogP contribution in [0.25, 0.3) is 0 Å². The van der Waals surface area contributed by atoms with E-state index >= 15 is 0 Å². The fourth-order valence-corrected chi connectivity index (χ4v) is 3.24. The first-order chi connectivity index (χ1) is 10.1. The molecule has 0 amide bonds. The molecule has 0 aliphatic rings. The van der Waals surface area contributed by atoms with Gasteiger partial charge >= 0.3 is 0 Å². The van der Waals surface area contributed by atoms with Crippen LogP contribution in [0.2, 0.25) is 5.02 Å². The zero-order chi connectivity index (χ0) is 15.2. The van der Waals surface area contributed by atoms with Gasteiger partial charge < -0.3 is 0 Å². The van der Waals surface area contributed by atoms with Crippen molar-refractivity contribution < 1.29 is 0 Å². The number of hydrogen-bond acceptors (Lipinski definition) is 5. The monoisotopic (exact) mass is 325 g/mol. The second kappa shape index (κ2) is 7.79. The van der Waals surface area contributed by atoms with Crippen LogP contribution in [-0.4, -0.2) is 26.6 Å². The van der Waals surface area contributed by atoms with E-state index in [0.29, 0.717) is 6.04 Å². The van der Waals surface area contributed by atoms with Crippen LogP contribution in [0.1, 0.15) is 25.7 Å². The number of thioether (sulfide) groups is 1. The summed E-state index contributed by atoms with van der Waals surface area (Å²) in [4.78, 5) is 5.45. The molecule has 1 aromatic heterocycles. The molecule has 114 valence electrons. The fourth-order valence-electron chi connectivity index (χ4n) is 1.99. The van der Waals surface area contributed by atoms with Crippen LogP contribution in [0, 0.1) is 0 Å². The molecule has 2 aromatic rings. The normalized spacial score (nSPS) is 12.8. The van der Waals surface area contributed by atoms with Gasteiger partial charge in [0, 0.05) is 34.2 Å². The predicted molar refractivity (Wildman–Crippen MR) is 87.4 cm³/mol. The van der Waals surface area contributed by atoms with Gasteiger partial charge in [-0.1, -0.05) is 17.7 Å². The lowest BCUT2D eigenvalue weighted by Gasteiger charge is -2.16. The summed E-state index contributed by atoms with van der Waals surface area (Å²) >= 11 is 7.71. The smallest absolute Gasteiger partial charge is 0.138 e. The van der Waals surface area contributed by atoms with E-state index in [1.807, 2.05) is 28.9 Å². The minimum atomic E-state index is 0.121. The van der Waals surface area contributed by atoms with Crippen molar-refractivity contribution in [2.45, 2.75) is 37.2 Å². The van der Waals surface area contributed by atoms with E-state index in [1.165, 1.54) is 0 Å². The number of benzene rings is 1. The van der Waals surface area contributed by atoms with E-state index in [4.69, 9.17) is 17.4 Å². The largest absolute Gasteiger partial charge is 0.271 e. The Morgan fingerprint density at radius 2 is 2.24 bits per heavy atom. The second-order valence-corrected chi connectivity index (χ2v) is 6.58. The standard InChI is InChI=1S/C14H20ClN5S/c1-10(2)20-14(17-9-18-20)7-12(19-16)8-21-13-5-3-4-11(15)6-13/h3-6,9-10,12,19H,7-8,16H2,1-2H3. The molecule has 0 radical (unpaired) electrons. The van der Waals surface area contributed by atoms with Crippen molar-refractivity contribution in [2.24, 2.45) is 5.84 Å². The van der Waals surface area contributed by atoms with E-state index < -0.39 is 0 Å². The maximum atomic E-state index is 5.99. The van der Waals surface area contributed by atoms with Gasteiger partial charge in [-0.15, -0.1) is 11.8 Å². The summed E-state index contributed by atoms with van der Waals surface area (Å²) in [5.74, 6) is 7.44. The van der Waals surface area contributed by atoms with Crippen LogP contribution in [0.4, 0.5) is 0 Å². The Morgan fingerprint density at radius 1 is 1.43 bits per heavy atom. The fraction of sp³-hybridized carbons (Fsp3) is 0.429. The summed E-state index contributed by atoms with van der Waals surface area (Å²) < 4.78 is 1.92. The molecule has 7 heteroatoms. The average molecular weight is 326 g/mol. The molecule has 2 rings (SSSR count). The maximum Gasteiger partial charge on any atom is 0.138 e. The Hall–Kier alpha value is -1.08. The van der Waals surface area contributed by atoms with Crippen LogP contribution in [-0.2, 0) is 6.42 Å². The van der Waals surface area contributed by atoms with Crippen LogP contribution in [0.3, 0.4) is 0 Å². The van der Waals surface area contributed by atoms with E-state index in [2.05, 4.69) is 29.4 Å². The lowest BCUT2D eigenvalue weighted by Crippen LogP contribution is -2.39. The van der Waals surface area contributed by atoms with E-state index in [0.717, 1.165) is 27.9 Å². The summed E-state index contributed by atoms with van der Waals surface area (Å²) in [7, 11) is 0. The number of halogens is 1. The van der Waals surface area contributed by atoms with Crippen molar-refractivity contribution in [1.82, 2.24) is 20.2 Å². The SMILES string of the molecule is CC(C)n1ncnc1CC(CSc1cccc(Cl)c1)NN. The second-order valence-electron chi connectivity index (χ2n) is 5.05. The van der Waals surface area contributed by atoms with Crippen LogP contribution in [0.5, 0.6) is 0 Å². The number of nitrogens with one attached hydrogen (secondary N) is 1. The highest BCUT2D eigenvalue weighted by molar-refractivity contribution is 7.99. The number of nitrogens with zero attached hydrogens (tertiary/aromatic N) is 3. The molecule has 0 aliphatic heterocycles. The van der Waals surface area contributed by atoms with Gasteiger partial charge in [0.2, 0.25) is 0 Å². The van der Waals surface area contributed by atoms with Crippen molar-refractivity contribution in [3.8, 4) is 0 Å². The highest BCUT2D eigenvalue weighted by Gasteiger charge is 2.14. The third-order valence-corrected chi connectivity index (χ3v) is 4.44. The Kier molecular flexibility index (Phi) is 6.05. The lowest BCUT2D eigenvalue weighted by atomic mass is 10.2. The van der Waals surface area contributed by atoms with E-state index in [1.54, 1.807) is 18.1 Å². The maximum absolute atomic E-state index is 5.99. The molecule has 1 heterocycles. The summed E-state index contributed by atoms with van der Waals surface area (Å²) in [6.45, 7) is 4.17. The molecule has 3 N–H and O–H groups in total. The molecular formula is C14H20ClN5S. The number of hydrazine groups is 1. The third-order valence-electron chi connectivity index (χ3n) is 3.05. The molecule has 21 heavy (non-hydrogen) atoms. The third kappa shape index (κ3) is 4.71. The molecule has 0 bridgehead atoms. The molecule has 0 aliphatic carbocycles. The molecule has 0 fully saturated rings. The molecule has 1 aromatic carbocycles. The minimum Gasteiger partial charge on any atom is -0.271 e. The Bertz CT molecular complexity index is 572. The van der Waals surface area contributed by atoms with Crippen LogP contribution in [0.15, 0.2) is 35.5 Å². The van der Waals surface area contributed by atoms with Crippen LogP contribution < -0.4 is 11.3 Å². The van der Waals surface area contributed by atoms with Crippen molar-refractivity contribution in [2.75, 3.05) is 5.75 Å². The van der Waals surface area contributed by atoms with Crippen LogP contribution >= 0.6 is 23.4 Å². The Balaban J connectivity index is 1.95. The Morgan fingerprint density at radius 3 is 2.90 bits per heavy atom. The average Bonchev–Trinajstić information content (AvgIpc) is 2.91. The molecule has 0 saturated carbocycles. The number of aromatic nitrogens is 3. The topological polar surface area (TPSA) is 68.8 Å². The van der Waals surface area contributed by atoms with Crippen molar-refractivity contribution in [3.05, 3.63) is 41.4 Å². The van der Waals surface area contributed by atoms with Gasteiger partial charge in [-0.3, -0.25) is 11.3 Å². The predicted octanol–water partition coefficient (Wildman–Crippen LogP) is 2.68. The molecule has 1 unspecified atom stereocenters. The van der Waals surface area contributed by atoms with Crippen molar-refractivity contribution in [3.63, 3.8) is 0 Å². The van der Waals surface area contributed by atoms with Gasteiger partial charge in [-0.25, -0.2) is 9.67 Å². The van der Waals surface area contributed by atoms with Gasteiger partial charge in [0.1, 0.15) is 12.2 Å². The summed E-state index contributed by atoms with van der Waals surface area (Å²) in [5, 5.41) is 4.99. The first-order valence-corrected chi connectivity index (χ1v) is 8.19. The quantitative estimate of drug-likeness (QED) is 0.465. The molecular weight excluding hydrogens is 306 g/mol. The van der Waals surface area contributed by atoms with Gasteiger partial charge in [0.15, 0.2) is 0 Å². The highest BCUT2D eigenvalue weighted by Crippen LogP contribution is 2.22. The Labute approximate surface area is 134 Å². The summed E-state index contributed by atoms with van der Waals surface area (Å²) in [5.41, 5.74) is 2.86. The zero-order valence-electron chi connectivity index (χ0n) is 12.2. The number of hydrogen-bond donors (Lipinski definition) is 2. The van der Waals surface area contributed by atoms with Crippen molar-refractivity contribution in [1.29, 1.82) is 0 Å². The summed E-state index contributed by atoms with van der Waals surface area (Å²) in [6.07, 6.45) is 2.33. The lowest BCUT2D eigenvalue weighted by molar-refractivity contribution is 0.477. The molecule has 5 nitrogen and oxygen atoms in total. The van der Waals surface area contributed by atoms with Gasteiger partial charge in [0.25, 0.3) is 0 Å². The molecule has 0 saturated heterocycles. The van der Waals surface area contributed by atoms with E-state index in [9.17, 15) is 0 Å². The first kappa shape index (κ1) is 16.3. The molecule has 0 spiro atoms. The molecule has 1 atom stereocenters. The van der Waals surface area contributed by atoms with Crippen molar-refractivity contribution >= 4 is 23.4 Å². The number of rotatable bonds is 7. The highest BCUT2D eigenvalue weighted by atomic mass is 35.5. The summed E-state index contributed by atoms with van der Waals surface area (Å²) in [6, 6.07) is 8.23. The van der Waals surface area contributed by atoms with Gasteiger partial charge in [0.05, 0.1) is 0 Å². The van der Waals surface area contributed by atoms with E-state index in [-0.39, 0.29) is 6.04 Å².